The largest absolute Gasteiger partial charge is 0.344 e. The first kappa shape index (κ1) is 21.8. The first-order valence-corrected chi connectivity index (χ1v) is 11.6. The van der Waals surface area contributed by atoms with Gasteiger partial charge in [0.1, 0.15) is 0 Å². The molecule has 1 fully saturated rings. The van der Waals surface area contributed by atoms with E-state index < -0.39 is 10.0 Å². The van der Waals surface area contributed by atoms with E-state index in [1.165, 1.54) is 0 Å². The first-order valence-electron chi connectivity index (χ1n) is 9.71. The Labute approximate surface area is 176 Å². The molecule has 3 rings (SSSR count). The number of carbonyl (C=O) groups is 1. The number of amides is 1. The van der Waals surface area contributed by atoms with Crippen molar-refractivity contribution in [2.75, 3.05) is 19.6 Å². The standard InChI is InChI=1S/C20H26ClN3O4S/c1-14-5-7-17(8-6-14)29(26,27)22-12-16-4-3-11-24(13-16)19(25)10-9-18-15(2)23-28-20(18)21/h5-8,16,22H,3-4,9-13H2,1-2H3. The van der Waals surface area contributed by atoms with E-state index >= 15 is 0 Å². The van der Waals surface area contributed by atoms with Crippen LogP contribution in [0.4, 0.5) is 0 Å². The molecule has 158 valence electrons. The Balaban J connectivity index is 1.52. The van der Waals surface area contributed by atoms with E-state index in [1.54, 1.807) is 31.2 Å². The molecule has 0 saturated carbocycles. The van der Waals surface area contributed by atoms with Gasteiger partial charge in [0.2, 0.25) is 21.1 Å². The van der Waals surface area contributed by atoms with Crippen LogP contribution in [0, 0.1) is 19.8 Å². The summed E-state index contributed by atoms with van der Waals surface area (Å²) in [6.45, 7) is 5.26. The van der Waals surface area contributed by atoms with Crippen molar-refractivity contribution in [3.8, 4) is 0 Å². The maximum absolute atomic E-state index is 12.6. The van der Waals surface area contributed by atoms with Crippen LogP contribution in [0.3, 0.4) is 0 Å². The summed E-state index contributed by atoms with van der Waals surface area (Å²) in [4.78, 5) is 14.7. The molecule has 1 N–H and O–H groups in total. The number of nitrogens with one attached hydrogen (secondary N) is 1. The van der Waals surface area contributed by atoms with E-state index in [2.05, 4.69) is 9.88 Å². The lowest BCUT2D eigenvalue weighted by molar-refractivity contribution is -0.132. The fraction of sp³-hybridized carbons (Fsp3) is 0.500. The monoisotopic (exact) mass is 439 g/mol. The maximum atomic E-state index is 12.6. The van der Waals surface area contributed by atoms with E-state index in [-0.39, 0.29) is 21.9 Å². The number of aromatic nitrogens is 1. The highest BCUT2D eigenvalue weighted by atomic mass is 35.5. The normalized spacial score (nSPS) is 17.5. The van der Waals surface area contributed by atoms with E-state index in [0.29, 0.717) is 38.2 Å². The second kappa shape index (κ2) is 9.28. The third-order valence-electron chi connectivity index (χ3n) is 5.29. The van der Waals surface area contributed by atoms with Gasteiger partial charge in [0.25, 0.3) is 0 Å². The fourth-order valence-corrected chi connectivity index (χ4v) is 4.90. The van der Waals surface area contributed by atoms with Gasteiger partial charge in [-0.3, -0.25) is 4.79 Å². The SMILES string of the molecule is Cc1ccc(S(=O)(=O)NCC2CCCN(C(=O)CCc3c(C)noc3Cl)C2)cc1. The van der Waals surface area contributed by atoms with E-state index in [9.17, 15) is 13.2 Å². The molecule has 1 aliphatic rings. The van der Waals surface area contributed by atoms with E-state index in [4.69, 9.17) is 16.1 Å². The second-order valence-electron chi connectivity index (χ2n) is 7.53. The fourth-order valence-electron chi connectivity index (χ4n) is 3.52. The molecule has 7 nitrogen and oxygen atoms in total. The van der Waals surface area contributed by atoms with Gasteiger partial charge in [0.15, 0.2) is 0 Å². The van der Waals surface area contributed by atoms with Gasteiger partial charge in [-0.1, -0.05) is 22.9 Å². The molecule has 9 heteroatoms. The summed E-state index contributed by atoms with van der Waals surface area (Å²) in [6, 6.07) is 6.76. The molecular formula is C20H26ClN3O4S. The van der Waals surface area contributed by atoms with Gasteiger partial charge in [-0.25, -0.2) is 13.1 Å². The number of rotatable bonds is 7. The van der Waals surface area contributed by atoms with Crippen molar-refractivity contribution in [2.45, 2.75) is 44.4 Å². The van der Waals surface area contributed by atoms with E-state index in [0.717, 1.165) is 24.0 Å². The van der Waals surface area contributed by atoms with Crippen LogP contribution in [0.25, 0.3) is 0 Å². The highest BCUT2D eigenvalue weighted by Crippen LogP contribution is 2.22. The summed E-state index contributed by atoms with van der Waals surface area (Å²) in [5, 5.41) is 4.03. The number of sulfonamides is 1. The molecule has 1 aromatic carbocycles. The molecular weight excluding hydrogens is 414 g/mol. The van der Waals surface area contributed by atoms with Crippen LogP contribution >= 0.6 is 11.6 Å². The zero-order chi connectivity index (χ0) is 21.0. The Bertz CT molecular complexity index is 937. The minimum absolute atomic E-state index is 0.0350. The molecule has 0 spiro atoms. The lowest BCUT2D eigenvalue weighted by Crippen LogP contribution is -2.43. The average Bonchev–Trinajstić information content (AvgIpc) is 3.03. The second-order valence-corrected chi connectivity index (χ2v) is 9.64. The molecule has 1 aliphatic heterocycles. The zero-order valence-corrected chi connectivity index (χ0v) is 18.2. The van der Waals surface area contributed by atoms with Crippen LogP contribution in [-0.4, -0.2) is 44.0 Å². The molecule has 0 aliphatic carbocycles. The topological polar surface area (TPSA) is 92.5 Å². The molecule has 0 bridgehead atoms. The smallest absolute Gasteiger partial charge is 0.240 e. The molecule has 1 atom stereocenters. The highest BCUT2D eigenvalue weighted by Gasteiger charge is 2.25. The van der Waals surface area contributed by atoms with Crippen molar-refractivity contribution in [3.05, 3.63) is 46.3 Å². The summed E-state index contributed by atoms with van der Waals surface area (Å²) in [5.41, 5.74) is 2.47. The molecule has 1 saturated heterocycles. The lowest BCUT2D eigenvalue weighted by atomic mass is 9.98. The summed E-state index contributed by atoms with van der Waals surface area (Å²) < 4.78 is 32.6. The van der Waals surface area contributed by atoms with Gasteiger partial charge in [0.05, 0.1) is 10.6 Å². The van der Waals surface area contributed by atoms with Crippen LogP contribution in [0.15, 0.2) is 33.7 Å². The summed E-state index contributed by atoms with van der Waals surface area (Å²) in [5.74, 6) is 0.126. The Hall–Kier alpha value is -1.90. The van der Waals surface area contributed by atoms with Gasteiger partial charge in [-0.15, -0.1) is 0 Å². The zero-order valence-electron chi connectivity index (χ0n) is 16.7. The number of nitrogens with zero attached hydrogens (tertiary/aromatic N) is 2. The van der Waals surface area contributed by atoms with Crippen molar-refractivity contribution < 1.29 is 17.7 Å². The van der Waals surface area contributed by atoms with Crippen LogP contribution < -0.4 is 4.72 Å². The summed E-state index contributed by atoms with van der Waals surface area (Å²) in [7, 11) is -3.55. The van der Waals surface area contributed by atoms with Crippen molar-refractivity contribution in [1.29, 1.82) is 0 Å². The molecule has 2 heterocycles. The number of carbonyl (C=O) groups excluding carboxylic acids is 1. The van der Waals surface area contributed by atoms with Crippen molar-refractivity contribution in [1.82, 2.24) is 14.8 Å². The van der Waals surface area contributed by atoms with Gasteiger partial charge in [-0.05, 0) is 62.8 Å². The third kappa shape index (κ3) is 5.58. The number of halogens is 1. The van der Waals surface area contributed by atoms with Gasteiger partial charge < -0.3 is 9.42 Å². The molecule has 2 aromatic rings. The minimum atomic E-state index is -3.55. The van der Waals surface area contributed by atoms with Crippen molar-refractivity contribution in [3.63, 3.8) is 0 Å². The number of aryl methyl sites for hydroxylation is 2. The maximum Gasteiger partial charge on any atom is 0.240 e. The molecule has 1 amide bonds. The Morgan fingerprint density at radius 2 is 2.03 bits per heavy atom. The van der Waals surface area contributed by atoms with Crippen molar-refractivity contribution in [2.24, 2.45) is 5.92 Å². The molecule has 29 heavy (non-hydrogen) atoms. The van der Waals surface area contributed by atoms with Crippen LogP contribution in [-0.2, 0) is 21.2 Å². The number of hydrogen-bond acceptors (Lipinski definition) is 5. The van der Waals surface area contributed by atoms with Gasteiger partial charge >= 0.3 is 0 Å². The number of piperidine rings is 1. The number of benzene rings is 1. The summed E-state index contributed by atoms with van der Waals surface area (Å²) >= 11 is 5.96. The third-order valence-corrected chi connectivity index (χ3v) is 7.03. The van der Waals surface area contributed by atoms with Gasteiger partial charge in [0, 0.05) is 31.6 Å². The predicted octanol–water partition coefficient (Wildman–Crippen LogP) is 3.09. The Morgan fingerprint density at radius 3 is 2.69 bits per heavy atom. The number of hydrogen-bond donors (Lipinski definition) is 1. The van der Waals surface area contributed by atoms with Crippen LogP contribution in [0.5, 0.6) is 0 Å². The number of likely N-dealkylation sites (tertiary alicyclic amines) is 1. The predicted molar refractivity (Wildman–Crippen MR) is 110 cm³/mol. The minimum Gasteiger partial charge on any atom is -0.344 e. The van der Waals surface area contributed by atoms with Crippen molar-refractivity contribution >= 4 is 27.5 Å². The Morgan fingerprint density at radius 1 is 1.31 bits per heavy atom. The highest BCUT2D eigenvalue weighted by molar-refractivity contribution is 7.89. The van der Waals surface area contributed by atoms with Crippen LogP contribution in [0.2, 0.25) is 5.22 Å². The summed E-state index contributed by atoms with van der Waals surface area (Å²) in [6.07, 6.45) is 2.55. The lowest BCUT2D eigenvalue weighted by Gasteiger charge is -2.33. The van der Waals surface area contributed by atoms with Gasteiger partial charge in [-0.2, -0.15) is 0 Å². The van der Waals surface area contributed by atoms with E-state index in [1.807, 2.05) is 11.8 Å². The first-order chi connectivity index (χ1) is 13.8. The molecule has 0 radical (unpaired) electrons. The molecule has 1 aromatic heterocycles. The quantitative estimate of drug-likeness (QED) is 0.715. The average molecular weight is 440 g/mol. The Kier molecular flexibility index (Phi) is 6.97. The molecule has 1 unspecified atom stereocenters. The van der Waals surface area contributed by atoms with Crippen LogP contribution in [0.1, 0.15) is 36.1 Å².